The predicted molar refractivity (Wildman–Crippen MR) is 82.5 cm³/mol. The molecule has 1 unspecified atom stereocenters. The monoisotopic (exact) mass is 335 g/mol. The Morgan fingerprint density at radius 1 is 1.41 bits per heavy atom. The molecule has 1 aromatic heterocycles. The first-order chi connectivity index (χ1) is 10.0. The molecular formula is C14H23F2N3O2S. The average Bonchev–Trinajstić information content (AvgIpc) is 2.78. The fourth-order valence-electron chi connectivity index (χ4n) is 1.70. The molecule has 2 N–H and O–H groups in total. The molecule has 1 amide bonds. The molecule has 0 saturated carbocycles. The van der Waals surface area contributed by atoms with Crippen molar-refractivity contribution in [3.63, 3.8) is 0 Å². The van der Waals surface area contributed by atoms with E-state index in [0.717, 1.165) is 10.6 Å². The molecule has 126 valence electrons. The molecule has 1 aromatic rings. The number of carbonyl (C=O) groups excluding carboxylic acids is 1. The van der Waals surface area contributed by atoms with Crippen molar-refractivity contribution in [3.8, 4) is 0 Å². The van der Waals surface area contributed by atoms with E-state index in [9.17, 15) is 13.6 Å². The summed E-state index contributed by atoms with van der Waals surface area (Å²) in [7, 11) is 0. The number of hydrogen-bond acceptors (Lipinski definition) is 5. The molecule has 0 aliphatic rings. The fraction of sp³-hybridized carbons (Fsp3) is 0.714. The Hall–Kier alpha value is -1.28. The lowest BCUT2D eigenvalue weighted by Gasteiger charge is -2.23. The number of aryl methyl sites for hydroxylation is 1. The van der Waals surface area contributed by atoms with Gasteiger partial charge in [-0.25, -0.2) is 18.6 Å². The van der Waals surface area contributed by atoms with Crippen LogP contribution >= 0.6 is 11.3 Å². The Bertz CT molecular complexity index is 501. The van der Waals surface area contributed by atoms with Crippen LogP contribution < -0.4 is 10.6 Å². The molecule has 0 fully saturated rings. The van der Waals surface area contributed by atoms with Crippen molar-refractivity contribution in [1.29, 1.82) is 0 Å². The summed E-state index contributed by atoms with van der Waals surface area (Å²) in [6.45, 7) is 7.34. The summed E-state index contributed by atoms with van der Waals surface area (Å²) in [5, 5.41) is 4.85. The first-order valence-corrected chi connectivity index (χ1v) is 7.86. The number of halogens is 2. The van der Waals surface area contributed by atoms with Gasteiger partial charge in [-0.3, -0.25) is 0 Å². The molecule has 5 nitrogen and oxygen atoms in total. The largest absolute Gasteiger partial charge is 0.444 e. The van der Waals surface area contributed by atoms with Gasteiger partial charge in [-0.15, -0.1) is 11.3 Å². The number of rotatable bonds is 6. The maximum absolute atomic E-state index is 13.8. The van der Waals surface area contributed by atoms with Crippen LogP contribution in [0.4, 0.5) is 13.6 Å². The maximum Gasteiger partial charge on any atom is 0.407 e. The number of carbonyl (C=O) groups is 1. The van der Waals surface area contributed by atoms with Crippen LogP contribution in [0.2, 0.25) is 0 Å². The number of amides is 1. The zero-order valence-corrected chi connectivity index (χ0v) is 14.3. The van der Waals surface area contributed by atoms with Gasteiger partial charge in [0.25, 0.3) is 5.92 Å². The molecule has 1 atom stereocenters. The van der Waals surface area contributed by atoms with E-state index in [1.807, 2.05) is 6.92 Å². The van der Waals surface area contributed by atoms with Gasteiger partial charge in [0.15, 0.2) is 0 Å². The molecular weight excluding hydrogens is 312 g/mol. The third-order valence-corrected chi connectivity index (χ3v) is 3.85. The van der Waals surface area contributed by atoms with Gasteiger partial charge in [-0.2, -0.15) is 0 Å². The summed E-state index contributed by atoms with van der Waals surface area (Å²) in [5.41, 5.74) is 1.81. The normalized spacial score (nSPS) is 13.8. The Kier molecular flexibility index (Phi) is 6.25. The standard InChI is InChI=1S/C14H23F2N3O2S/c1-9(11-10(2)19-8-22-11)17-6-14(15,16)7-18-12(20)21-13(3,4)5/h8-9,17H,6-7H2,1-5H3,(H,18,20). The molecule has 1 rings (SSSR count). The van der Waals surface area contributed by atoms with Crippen LogP contribution in [0.1, 0.15) is 44.3 Å². The van der Waals surface area contributed by atoms with Gasteiger partial charge in [0.1, 0.15) is 5.60 Å². The number of thiazole rings is 1. The van der Waals surface area contributed by atoms with Gasteiger partial charge in [0, 0.05) is 10.9 Å². The number of alkyl halides is 2. The summed E-state index contributed by atoms with van der Waals surface area (Å²) >= 11 is 1.42. The molecule has 0 aromatic carbocycles. The van der Waals surface area contributed by atoms with Gasteiger partial charge >= 0.3 is 6.09 Å². The topological polar surface area (TPSA) is 63.2 Å². The van der Waals surface area contributed by atoms with Crippen molar-refractivity contribution in [2.24, 2.45) is 0 Å². The second-order valence-electron chi connectivity index (χ2n) is 6.12. The minimum atomic E-state index is -3.07. The fourth-order valence-corrected chi connectivity index (χ4v) is 2.53. The van der Waals surface area contributed by atoms with E-state index in [4.69, 9.17) is 4.74 Å². The molecule has 0 aliphatic carbocycles. The summed E-state index contributed by atoms with van der Waals surface area (Å²) in [6, 6.07) is -0.222. The van der Waals surface area contributed by atoms with E-state index < -0.39 is 30.7 Å². The lowest BCUT2D eigenvalue weighted by atomic mass is 10.2. The molecule has 0 spiro atoms. The van der Waals surface area contributed by atoms with E-state index in [2.05, 4.69) is 15.6 Å². The van der Waals surface area contributed by atoms with Gasteiger partial charge in [0.05, 0.1) is 24.3 Å². The summed E-state index contributed by atoms with van der Waals surface area (Å²) in [6.07, 6.45) is -0.849. The molecule has 8 heteroatoms. The number of nitrogens with one attached hydrogen (secondary N) is 2. The Labute approximate surface area is 133 Å². The average molecular weight is 335 g/mol. The quantitative estimate of drug-likeness (QED) is 0.837. The van der Waals surface area contributed by atoms with Crippen LogP contribution in [-0.2, 0) is 4.74 Å². The minimum Gasteiger partial charge on any atom is -0.444 e. The third-order valence-electron chi connectivity index (χ3n) is 2.73. The third kappa shape index (κ3) is 6.65. The van der Waals surface area contributed by atoms with Gasteiger partial charge in [-0.1, -0.05) is 0 Å². The van der Waals surface area contributed by atoms with Crippen molar-refractivity contribution in [3.05, 3.63) is 16.1 Å². The van der Waals surface area contributed by atoms with Crippen molar-refractivity contribution in [2.75, 3.05) is 13.1 Å². The van der Waals surface area contributed by atoms with Crippen LogP contribution in [0.5, 0.6) is 0 Å². The number of aromatic nitrogens is 1. The van der Waals surface area contributed by atoms with Crippen LogP contribution in [0.15, 0.2) is 5.51 Å². The van der Waals surface area contributed by atoms with Gasteiger partial charge in [0.2, 0.25) is 0 Å². The lowest BCUT2D eigenvalue weighted by Crippen LogP contribution is -2.45. The molecule has 22 heavy (non-hydrogen) atoms. The van der Waals surface area contributed by atoms with Crippen molar-refractivity contribution >= 4 is 17.4 Å². The lowest BCUT2D eigenvalue weighted by molar-refractivity contribution is -0.00519. The van der Waals surface area contributed by atoms with E-state index in [0.29, 0.717) is 0 Å². The first-order valence-electron chi connectivity index (χ1n) is 6.98. The zero-order chi connectivity index (χ0) is 17.0. The van der Waals surface area contributed by atoms with Crippen LogP contribution in [0.25, 0.3) is 0 Å². The Balaban J connectivity index is 2.41. The van der Waals surface area contributed by atoms with E-state index in [1.54, 1.807) is 33.2 Å². The molecule has 0 radical (unpaired) electrons. The number of nitrogens with zero attached hydrogens (tertiary/aromatic N) is 1. The Morgan fingerprint density at radius 3 is 2.55 bits per heavy atom. The van der Waals surface area contributed by atoms with Crippen molar-refractivity contribution in [2.45, 2.75) is 52.2 Å². The van der Waals surface area contributed by atoms with Crippen molar-refractivity contribution in [1.82, 2.24) is 15.6 Å². The Morgan fingerprint density at radius 2 is 2.05 bits per heavy atom. The summed E-state index contributed by atoms with van der Waals surface area (Å²) < 4.78 is 32.5. The van der Waals surface area contributed by atoms with Gasteiger partial charge in [-0.05, 0) is 34.6 Å². The maximum atomic E-state index is 13.8. The smallest absolute Gasteiger partial charge is 0.407 e. The molecule has 0 aliphatic heterocycles. The number of alkyl carbamates (subject to hydrolysis) is 1. The van der Waals surface area contributed by atoms with Gasteiger partial charge < -0.3 is 15.4 Å². The van der Waals surface area contributed by atoms with E-state index in [1.165, 1.54) is 11.3 Å². The van der Waals surface area contributed by atoms with Crippen LogP contribution in [0, 0.1) is 6.92 Å². The highest BCUT2D eigenvalue weighted by Gasteiger charge is 2.31. The second-order valence-corrected chi connectivity index (χ2v) is 7.00. The summed E-state index contributed by atoms with van der Waals surface area (Å²) in [5.74, 6) is -3.07. The highest BCUT2D eigenvalue weighted by molar-refractivity contribution is 7.09. The summed E-state index contributed by atoms with van der Waals surface area (Å²) in [4.78, 5) is 16.4. The van der Waals surface area contributed by atoms with Crippen LogP contribution in [-0.4, -0.2) is 35.7 Å². The highest BCUT2D eigenvalue weighted by atomic mass is 32.1. The number of ether oxygens (including phenoxy) is 1. The molecule has 0 bridgehead atoms. The molecule has 0 saturated heterocycles. The predicted octanol–water partition coefficient (Wildman–Crippen LogP) is 3.26. The first kappa shape index (κ1) is 18.8. The molecule has 1 heterocycles. The van der Waals surface area contributed by atoms with E-state index in [-0.39, 0.29) is 6.04 Å². The minimum absolute atomic E-state index is 0.222. The van der Waals surface area contributed by atoms with E-state index >= 15 is 0 Å². The zero-order valence-electron chi connectivity index (χ0n) is 13.5. The van der Waals surface area contributed by atoms with Crippen LogP contribution in [0.3, 0.4) is 0 Å². The second kappa shape index (κ2) is 7.32. The SMILES string of the molecule is Cc1ncsc1C(C)NCC(F)(F)CNC(=O)OC(C)(C)C. The highest BCUT2D eigenvalue weighted by Crippen LogP contribution is 2.22. The number of hydrogen-bond donors (Lipinski definition) is 2. The van der Waals surface area contributed by atoms with Crippen molar-refractivity contribution < 1.29 is 18.3 Å².